The van der Waals surface area contributed by atoms with Gasteiger partial charge < -0.3 is 10.3 Å². The maximum Gasteiger partial charge on any atom is 0.263 e. The Labute approximate surface area is 112 Å². The van der Waals surface area contributed by atoms with Crippen LogP contribution in [0.15, 0.2) is 35.5 Å². The smallest absolute Gasteiger partial charge is 0.263 e. The van der Waals surface area contributed by atoms with Crippen LogP contribution in [0, 0.1) is 0 Å². The molecule has 0 aliphatic carbocycles. The summed E-state index contributed by atoms with van der Waals surface area (Å²) in [6, 6.07) is 4.58. The average Bonchev–Trinajstić information content (AvgIpc) is 2.27. The second kappa shape index (κ2) is 5.20. The van der Waals surface area contributed by atoms with Crippen LogP contribution in [0.5, 0.6) is 0 Å². The average molecular weight is 284 g/mol. The van der Waals surface area contributed by atoms with Gasteiger partial charge in [0.05, 0.1) is 6.33 Å². The highest BCUT2D eigenvalue weighted by Crippen LogP contribution is 2.22. The number of hydrogen-bond donors (Lipinski definition) is 2. The number of carbonyl (C=O) groups excluding carboxylic acids is 1. The zero-order valence-electron chi connectivity index (χ0n) is 8.91. The van der Waals surface area contributed by atoms with E-state index < -0.39 is 11.5 Å². The summed E-state index contributed by atoms with van der Waals surface area (Å²) >= 11 is 11.6. The van der Waals surface area contributed by atoms with Gasteiger partial charge in [-0.3, -0.25) is 9.59 Å². The van der Waals surface area contributed by atoms with E-state index in [1.165, 1.54) is 30.7 Å². The van der Waals surface area contributed by atoms with Crippen LogP contribution in [0.2, 0.25) is 10.0 Å². The van der Waals surface area contributed by atoms with Crippen molar-refractivity contribution < 1.29 is 4.79 Å². The van der Waals surface area contributed by atoms with Gasteiger partial charge in [0, 0.05) is 21.9 Å². The molecule has 0 atom stereocenters. The predicted molar refractivity (Wildman–Crippen MR) is 69.3 cm³/mol. The Morgan fingerprint density at radius 1 is 1.22 bits per heavy atom. The number of rotatable bonds is 2. The lowest BCUT2D eigenvalue weighted by Crippen LogP contribution is -2.23. The molecule has 1 aromatic carbocycles. The summed E-state index contributed by atoms with van der Waals surface area (Å²) in [4.78, 5) is 29.2. The first-order chi connectivity index (χ1) is 8.56. The van der Waals surface area contributed by atoms with Crippen molar-refractivity contribution in [3.8, 4) is 0 Å². The lowest BCUT2D eigenvalue weighted by atomic mass is 10.2. The van der Waals surface area contributed by atoms with E-state index in [0.29, 0.717) is 15.7 Å². The minimum Gasteiger partial charge on any atom is -0.322 e. The number of anilines is 1. The van der Waals surface area contributed by atoms with Gasteiger partial charge in [0.2, 0.25) is 0 Å². The van der Waals surface area contributed by atoms with Gasteiger partial charge in [0.1, 0.15) is 5.56 Å². The molecule has 0 radical (unpaired) electrons. The Morgan fingerprint density at radius 2 is 1.89 bits per heavy atom. The van der Waals surface area contributed by atoms with Gasteiger partial charge in [-0.1, -0.05) is 23.2 Å². The molecular formula is C11H7Cl2N3O2. The summed E-state index contributed by atoms with van der Waals surface area (Å²) in [5.74, 6) is -0.581. The molecule has 5 nitrogen and oxygen atoms in total. The summed E-state index contributed by atoms with van der Waals surface area (Å²) in [5.41, 5.74) is -0.204. The molecule has 0 bridgehead atoms. The van der Waals surface area contributed by atoms with Crippen molar-refractivity contribution in [2.75, 3.05) is 5.32 Å². The van der Waals surface area contributed by atoms with Gasteiger partial charge in [-0.2, -0.15) is 0 Å². The summed E-state index contributed by atoms with van der Waals surface area (Å²) in [6.45, 7) is 0. The summed E-state index contributed by atoms with van der Waals surface area (Å²) in [5, 5.41) is 3.29. The molecule has 0 aliphatic rings. The Hall–Kier alpha value is -1.85. The largest absolute Gasteiger partial charge is 0.322 e. The molecule has 1 heterocycles. The van der Waals surface area contributed by atoms with Crippen molar-refractivity contribution >= 4 is 34.8 Å². The molecule has 0 spiro atoms. The second-order valence-corrected chi connectivity index (χ2v) is 4.28. The van der Waals surface area contributed by atoms with Crippen molar-refractivity contribution in [3.63, 3.8) is 0 Å². The van der Waals surface area contributed by atoms with Crippen LogP contribution in [0.3, 0.4) is 0 Å². The van der Waals surface area contributed by atoms with Crippen LogP contribution >= 0.6 is 23.2 Å². The zero-order valence-corrected chi connectivity index (χ0v) is 10.4. The van der Waals surface area contributed by atoms with Crippen molar-refractivity contribution in [1.82, 2.24) is 9.97 Å². The predicted octanol–water partition coefficient (Wildman–Crippen LogP) is 2.33. The van der Waals surface area contributed by atoms with Crippen LogP contribution < -0.4 is 10.9 Å². The molecule has 0 unspecified atom stereocenters. The number of nitrogens with zero attached hydrogens (tertiary/aromatic N) is 1. The third-order valence-corrected chi connectivity index (χ3v) is 2.52. The summed E-state index contributed by atoms with van der Waals surface area (Å²) in [6.07, 6.45) is 2.38. The van der Waals surface area contributed by atoms with Crippen LogP contribution in [0.25, 0.3) is 0 Å². The van der Waals surface area contributed by atoms with E-state index in [0.717, 1.165) is 0 Å². The minimum atomic E-state index is -0.581. The maximum atomic E-state index is 11.8. The Bertz CT molecular complexity index is 634. The van der Waals surface area contributed by atoms with Crippen molar-refractivity contribution in [2.45, 2.75) is 0 Å². The highest BCUT2D eigenvalue weighted by molar-refractivity contribution is 6.35. The first-order valence-electron chi connectivity index (χ1n) is 4.86. The quantitative estimate of drug-likeness (QED) is 0.888. The maximum absolute atomic E-state index is 11.8. The van der Waals surface area contributed by atoms with Crippen molar-refractivity contribution in [3.05, 3.63) is 56.7 Å². The number of benzene rings is 1. The van der Waals surface area contributed by atoms with Gasteiger partial charge in [0.15, 0.2) is 0 Å². The van der Waals surface area contributed by atoms with Gasteiger partial charge in [0.25, 0.3) is 11.5 Å². The fourth-order valence-corrected chi connectivity index (χ4v) is 1.86. The Morgan fingerprint density at radius 3 is 2.50 bits per heavy atom. The third kappa shape index (κ3) is 2.88. The standard InChI is InChI=1S/C11H7Cl2N3O2/c12-6-1-7(13)3-8(2-6)16-11(18)9-4-14-5-15-10(9)17/h1-5H,(H,16,18)(H,14,15,17). The van der Waals surface area contributed by atoms with Gasteiger partial charge >= 0.3 is 0 Å². The number of amides is 1. The monoisotopic (exact) mass is 283 g/mol. The molecule has 0 fully saturated rings. The molecular weight excluding hydrogens is 277 g/mol. The molecule has 7 heteroatoms. The van der Waals surface area contributed by atoms with E-state index in [9.17, 15) is 9.59 Å². The highest BCUT2D eigenvalue weighted by Gasteiger charge is 2.11. The molecule has 18 heavy (non-hydrogen) atoms. The number of nitrogens with one attached hydrogen (secondary N) is 2. The Kier molecular flexibility index (Phi) is 3.64. The fraction of sp³-hybridized carbons (Fsp3) is 0. The van der Waals surface area contributed by atoms with Crippen LogP contribution in [0.4, 0.5) is 5.69 Å². The third-order valence-electron chi connectivity index (χ3n) is 2.08. The van der Waals surface area contributed by atoms with E-state index in [1.54, 1.807) is 0 Å². The SMILES string of the molecule is O=C(Nc1cc(Cl)cc(Cl)c1)c1cnc[nH]c1=O. The highest BCUT2D eigenvalue weighted by atomic mass is 35.5. The number of hydrogen-bond acceptors (Lipinski definition) is 3. The Balaban J connectivity index is 2.27. The number of halogens is 2. The number of H-pyrrole nitrogens is 1. The van der Waals surface area contributed by atoms with Crippen molar-refractivity contribution in [2.24, 2.45) is 0 Å². The number of aromatic amines is 1. The first-order valence-corrected chi connectivity index (χ1v) is 5.62. The van der Waals surface area contributed by atoms with E-state index in [4.69, 9.17) is 23.2 Å². The van der Waals surface area contributed by atoms with Gasteiger partial charge in [-0.05, 0) is 18.2 Å². The molecule has 2 N–H and O–H groups in total. The first kappa shape index (κ1) is 12.6. The second-order valence-electron chi connectivity index (χ2n) is 3.41. The van der Waals surface area contributed by atoms with Crippen LogP contribution in [0.1, 0.15) is 10.4 Å². The minimum absolute atomic E-state index is 0.0893. The topological polar surface area (TPSA) is 74.8 Å². The van der Waals surface area contributed by atoms with E-state index in [2.05, 4.69) is 15.3 Å². The molecule has 1 aromatic heterocycles. The fourth-order valence-electron chi connectivity index (χ4n) is 1.33. The van der Waals surface area contributed by atoms with E-state index in [1.807, 2.05) is 0 Å². The van der Waals surface area contributed by atoms with Crippen molar-refractivity contribution in [1.29, 1.82) is 0 Å². The molecule has 2 rings (SSSR count). The molecule has 2 aromatic rings. The van der Waals surface area contributed by atoms with Crippen LogP contribution in [-0.4, -0.2) is 15.9 Å². The van der Waals surface area contributed by atoms with Gasteiger partial charge in [-0.15, -0.1) is 0 Å². The zero-order chi connectivity index (χ0) is 13.1. The summed E-state index contributed by atoms with van der Waals surface area (Å²) < 4.78 is 0. The number of aromatic nitrogens is 2. The molecule has 0 saturated carbocycles. The lowest BCUT2D eigenvalue weighted by molar-refractivity contribution is 0.102. The number of carbonyl (C=O) groups is 1. The normalized spacial score (nSPS) is 10.1. The molecule has 1 amide bonds. The van der Waals surface area contributed by atoms with E-state index >= 15 is 0 Å². The molecule has 0 saturated heterocycles. The van der Waals surface area contributed by atoms with E-state index in [-0.39, 0.29) is 5.56 Å². The molecule has 0 aliphatic heterocycles. The summed E-state index contributed by atoms with van der Waals surface area (Å²) in [7, 11) is 0. The van der Waals surface area contributed by atoms with Crippen LogP contribution in [-0.2, 0) is 0 Å². The van der Waals surface area contributed by atoms with Gasteiger partial charge in [-0.25, -0.2) is 4.98 Å². The lowest BCUT2D eigenvalue weighted by Gasteiger charge is -2.05. The molecule has 92 valence electrons.